The summed E-state index contributed by atoms with van der Waals surface area (Å²) in [4.78, 5) is 10.5. The molecule has 0 saturated heterocycles. The summed E-state index contributed by atoms with van der Waals surface area (Å²) in [5, 5.41) is 8.57. The molecule has 0 aliphatic heterocycles. The molecule has 1 unspecified atom stereocenters. The first kappa shape index (κ1) is 11.1. The van der Waals surface area contributed by atoms with Crippen LogP contribution in [0, 0.1) is 5.82 Å². The van der Waals surface area contributed by atoms with Gasteiger partial charge in [0.2, 0.25) is 0 Å². The Balaban J connectivity index is 2.85. The van der Waals surface area contributed by atoms with Crippen molar-refractivity contribution in [2.45, 2.75) is 12.5 Å². The average molecular weight is 262 g/mol. The van der Waals surface area contributed by atoms with Gasteiger partial charge in [-0.1, -0.05) is 15.9 Å². The third-order valence-electron chi connectivity index (χ3n) is 1.76. The van der Waals surface area contributed by atoms with Crippen molar-refractivity contribution in [2.24, 2.45) is 5.73 Å². The van der Waals surface area contributed by atoms with Gasteiger partial charge in [-0.3, -0.25) is 4.79 Å². The summed E-state index contributed by atoms with van der Waals surface area (Å²) in [6, 6.07) is 3.08. The number of hydrogen-bond donors (Lipinski definition) is 2. The second-order valence-corrected chi connectivity index (χ2v) is 3.74. The molecule has 0 aliphatic rings. The predicted octanol–water partition coefficient (Wildman–Crippen LogP) is 1.54. The first-order chi connectivity index (χ1) is 6.50. The standard InChI is InChI=1S/C9H9BrFNO2/c10-7-2-1-6(11)3-5(7)4-8(12)9(13)14/h1-3,8H,4,12H2,(H,13,14). The molecule has 0 radical (unpaired) electrons. The van der Waals surface area contributed by atoms with Gasteiger partial charge < -0.3 is 10.8 Å². The quantitative estimate of drug-likeness (QED) is 0.868. The van der Waals surface area contributed by atoms with Crippen molar-refractivity contribution < 1.29 is 14.3 Å². The van der Waals surface area contributed by atoms with Gasteiger partial charge in [0.15, 0.2) is 0 Å². The minimum Gasteiger partial charge on any atom is -0.480 e. The topological polar surface area (TPSA) is 63.3 Å². The van der Waals surface area contributed by atoms with Crippen LogP contribution in [0.4, 0.5) is 4.39 Å². The summed E-state index contributed by atoms with van der Waals surface area (Å²) in [5.74, 6) is -1.50. The summed E-state index contributed by atoms with van der Waals surface area (Å²) < 4.78 is 13.5. The van der Waals surface area contributed by atoms with E-state index in [0.29, 0.717) is 10.0 Å². The molecule has 3 nitrogen and oxygen atoms in total. The molecule has 0 saturated carbocycles. The Kier molecular flexibility index (Phi) is 3.60. The van der Waals surface area contributed by atoms with Gasteiger partial charge in [-0.25, -0.2) is 4.39 Å². The van der Waals surface area contributed by atoms with Crippen LogP contribution < -0.4 is 5.73 Å². The maximum atomic E-state index is 12.8. The number of rotatable bonds is 3. The fourth-order valence-corrected chi connectivity index (χ4v) is 1.43. The highest BCUT2D eigenvalue weighted by molar-refractivity contribution is 9.10. The summed E-state index contributed by atoms with van der Waals surface area (Å²) >= 11 is 3.19. The summed E-state index contributed by atoms with van der Waals surface area (Å²) in [5.41, 5.74) is 5.88. The molecule has 0 amide bonds. The molecule has 1 aromatic rings. The fourth-order valence-electron chi connectivity index (χ4n) is 1.02. The molecule has 1 atom stereocenters. The Morgan fingerprint density at radius 3 is 2.86 bits per heavy atom. The molecule has 0 bridgehead atoms. The van der Waals surface area contributed by atoms with E-state index in [1.54, 1.807) is 0 Å². The van der Waals surface area contributed by atoms with Crippen LogP contribution in [0.15, 0.2) is 22.7 Å². The van der Waals surface area contributed by atoms with Crippen molar-refractivity contribution in [2.75, 3.05) is 0 Å². The summed E-state index contributed by atoms with van der Waals surface area (Å²) in [6.07, 6.45) is 0.105. The van der Waals surface area contributed by atoms with Crippen molar-refractivity contribution in [3.8, 4) is 0 Å². The molecule has 1 aromatic carbocycles. The SMILES string of the molecule is NC(Cc1cc(F)ccc1Br)C(=O)O. The number of halogens is 2. The molecular weight excluding hydrogens is 253 g/mol. The average Bonchev–Trinajstić information content (AvgIpc) is 2.11. The van der Waals surface area contributed by atoms with Crippen LogP contribution in [-0.2, 0) is 11.2 Å². The molecule has 0 spiro atoms. The van der Waals surface area contributed by atoms with Gasteiger partial charge in [0.05, 0.1) is 0 Å². The predicted molar refractivity (Wildman–Crippen MR) is 53.4 cm³/mol. The number of nitrogens with two attached hydrogens (primary N) is 1. The highest BCUT2D eigenvalue weighted by Crippen LogP contribution is 2.18. The molecule has 0 fully saturated rings. The molecule has 5 heteroatoms. The van der Waals surface area contributed by atoms with Crippen molar-refractivity contribution in [3.05, 3.63) is 34.1 Å². The Bertz CT molecular complexity index is 357. The van der Waals surface area contributed by atoms with E-state index in [1.165, 1.54) is 18.2 Å². The number of benzene rings is 1. The van der Waals surface area contributed by atoms with E-state index in [4.69, 9.17) is 10.8 Å². The zero-order valence-electron chi connectivity index (χ0n) is 7.21. The van der Waals surface area contributed by atoms with E-state index in [2.05, 4.69) is 15.9 Å². The van der Waals surface area contributed by atoms with E-state index in [1.807, 2.05) is 0 Å². The fraction of sp³-hybridized carbons (Fsp3) is 0.222. The molecule has 1 rings (SSSR count). The minimum absolute atomic E-state index is 0.105. The largest absolute Gasteiger partial charge is 0.480 e. The lowest BCUT2D eigenvalue weighted by Gasteiger charge is -2.08. The molecule has 0 aromatic heterocycles. The van der Waals surface area contributed by atoms with Crippen LogP contribution in [-0.4, -0.2) is 17.1 Å². The van der Waals surface area contributed by atoms with Crippen LogP contribution in [0.25, 0.3) is 0 Å². The lowest BCUT2D eigenvalue weighted by Crippen LogP contribution is -2.32. The van der Waals surface area contributed by atoms with Gasteiger partial charge in [-0.15, -0.1) is 0 Å². The lowest BCUT2D eigenvalue weighted by atomic mass is 10.1. The number of aliphatic carboxylic acids is 1. The Hall–Kier alpha value is -0.940. The maximum Gasteiger partial charge on any atom is 0.320 e. The first-order valence-corrected chi connectivity index (χ1v) is 4.72. The van der Waals surface area contributed by atoms with Gasteiger partial charge in [0.25, 0.3) is 0 Å². The molecule has 0 heterocycles. The first-order valence-electron chi connectivity index (χ1n) is 3.93. The normalized spacial score (nSPS) is 12.5. The Labute approximate surface area is 88.9 Å². The number of carboxylic acids is 1. The molecular formula is C9H9BrFNO2. The van der Waals surface area contributed by atoms with Crippen molar-refractivity contribution in [1.29, 1.82) is 0 Å². The Morgan fingerprint density at radius 1 is 1.64 bits per heavy atom. The Morgan fingerprint density at radius 2 is 2.29 bits per heavy atom. The second-order valence-electron chi connectivity index (χ2n) is 2.88. The van der Waals surface area contributed by atoms with Gasteiger partial charge in [-0.2, -0.15) is 0 Å². The smallest absolute Gasteiger partial charge is 0.320 e. The number of hydrogen-bond acceptors (Lipinski definition) is 2. The number of carbonyl (C=O) groups is 1. The third kappa shape index (κ3) is 2.78. The lowest BCUT2D eigenvalue weighted by molar-refractivity contribution is -0.138. The zero-order valence-corrected chi connectivity index (χ0v) is 8.79. The van der Waals surface area contributed by atoms with Gasteiger partial charge in [0, 0.05) is 4.47 Å². The number of carboxylic acid groups (broad SMARTS) is 1. The van der Waals surface area contributed by atoms with E-state index in [9.17, 15) is 9.18 Å². The minimum atomic E-state index is -1.10. The summed E-state index contributed by atoms with van der Waals surface area (Å²) in [6.45, 7) is 0. The van der Waals surface area contributed by atoms with Crippen LogP contribution in [0.3, 0.4) is 0 Å². The van der Waals surface area contributed by atoms with E-state index in [-0.39, 0.29) is 6.42 Å². The van der Waals surface area contributed by atoms with Gasteiger partial charge >= 0.3 is 5.97 Å². The maximum absolute atomic E-state index is 12.8. The van der Waals surface area contributed by atoms with E-state index >= 15 is 0 Å². The van der Waals surface area contributed by atoms with Gasteiger partial charge in [0.1, 0.15) is 11.9 Å². The van der Waals surface area contributed by atoms with Crippen molar-refractivity contribution >= 4 is 21.9 Å². The van der Waals surface area contributed by atoms with E-state index in [0.717, 1.165) is 0 Å². The van der Waals surface area contributed by atoms with Crippen molar-refractivity contribution in [1.82, 2.24) is 0 Å². The molecule has 0 aliphatic carbocycles. The highest BCUT2D eigenvalue weighted by atomic mass is 79.9. The van der Waals surface area contributed by atoms with Crippen LogP contribution >= 0.6 is 15.9 Å². The molecule has 14 heavy (non-hydrogen) atoms. The van der Waals surface area contributed by atoms with E-state index < -0.39 is 17.8 Å². The summed E-state index contributed by atoms with van der Waals surface area (Å²) in [7, 11) is 0. The van der Waals surface area contributed by atoms with Crippen LogP contribution in [0.1, 0.15) is 5.56 Å². The monoisotopic (exact) mass is 261 g/mol. The highest BCUT2D eigenvalue weighted by Gasteiger charge is 2.14. The third-order valence-corrected chi connectivity index (χ3v) is 2.54. The van der Waals surface area contributed by atoms with Crippen LogP contribution in [0.5, 0.6) is 0 Å². The van der Waals surface area contributed by atoms with Gasteiger partial charge in [-0.05, 0) is 30.2 Å². The molecule has 3 N–H and O–H groups in total. The molecule has 76 valence electrons. The van der Waals surface area contributed by atoms with Crippen molar-refractivity contribution in [3.63, 3.8) is 0 Å². The zero-order chi connectivity index (χ0) is 10.7. The second kappa shape index (κ2) is 4.52. The van der Waals surface area contributed by atoms with Crippen LogP contribution in [0.2, 0.25) is 0 Å².